The van der Waals surface area contributed by atoms with E-state index in [0.29, 0.717) is 6.04 Å². The summed E-state index contributed by atoms with van der Waals surface area (Å²) in [5.74, 6) is 0. The number of aromatic nitrogens is 1. The third kappa shape index (κ3) is 3.61. The molecule has 1 aliphatic rings. The van der Waals surface area contributed by atoms with Crippen molar-refractivity contribution in [2.24, 2.45) is 5.41 Å². The fraction of sp³-hybridized carbons (Fsp3) is 0.417. The van der Waals surface area contributed by atoms with Gasteiger partial charge in [0, 0.05) is 38.1 Å². The Kier molecular flexibility index (Phi) is 4.73. The maximum absolute atomic E-state index is 2.52. The van der Waals surface area contributed by atoms with Gasteiger partial charge in [-0.3, -0.25) is 0 Å². The second kappa shape index (κ2) is 7.05. The summed E-state index contributed by atoms with van der Waals surface area (Å²) in [6.45, 7) is 11.5. The summed E-state index contributed by atoms with van der Waals surface area (Å²) < 4.78 is 2.48. The summed E-state index contributed by atoms with van der Waals surface area (Å²) >= 11 is 0. The molecule has 0 aliphatic carbocycles. The second-order valence-corrected chi connectivity index (χ2v) is 8.94. The van der Waals surface area contributed by atoms with Crippen molar-refractivity contribution in [3.05, 3.63) is 66.4 Å². The number of rotatable bonds is 3. The van der Waals surface area contributed by atoms with E-state index >= 15 is 0 Å². The molecule has 0 spiro atoms. The van der Waals surface area contributed by atoms with E-state index in [2.05, 4.69) is 103 Å². The summed E-state index contributed by atoms with van der Waals surface area (Å²) in [5.41, 5.74) is 4.16. The van der Waals surface area contributed by atoms with Crippen LogP contribution >= 0.6 is 0 Å². The smallest absolute Gasteiger partial charge is 0.0634 e. The van der Waals surface area contributed by atoms with Crippen molar-refractivity contribution < 1.29 is 0 Å². The Hall–Kier alpha value is -2.26. The molecular weight excluding hydrogens is 330 g/mol. The SMILES string of the molecule is CN1CCN(c2ccc3ccn(C(c4ccccc4)C(C)(C)C)c3c2)CC1. The molecular formula is C24H31N3. The Morgan fingerprint density at radius 3 is 2.22 bits per heavy atom. The molecule has 1 saturated heterocycles. The van der Waals surface area contributed by atoms with Gasteiger partial charge in [-0.15, -0.1) is 0 Å². The Morgan fingerprint density at radius 1 is 0.852 bits per heavy atom. The minimum atomic E-state index is 0.122. The maximum Gasteiger partial charge on any atom is 0.0634 e. The summed E-state index contributed by atoms with van der Waals surface area (Å²) in [6, 6.07) is 20.4. The zero-order valence-corrected chi connectivity index (χ0v) is 17.0. The molecule has 3 heteroatoms. The zero-order valence-electron chi connectivity index (χ0n) is 17.0. The van der Waals surface area contributed by atoms with Crippen LogP contribution in [0.15, 0.2) is 60.8 Å². The summed E-state index contributed by atoms with van der Waals surface area (Å²) in [4.78, 5) is 4.92. The van der Waals surface area contributed by atoms with Crippen molar-refractivity contribution in [1.29, 1.82) is 0 Å². The van der Waals surface area contributed by atoms with Gasteiger partial charge in [0.05, 0.1) is 11.6 Å². The maximum atomic E-state index is 2.52. The van der Waals surface area contributed by atoms with E-state index in [1.54, 1.807) is 0 Å². The summed E-state index contributed by atoms with van der Waals surface area (Å²) in [5, 5.41) is 1.32. The lowest BCUT2D eigenvalue weighted by Gasteiger charge is -2.35. The number of hydrogen-bond donors (Lipinski definition) is 0. The third-order valence-corrected chi connectivity index (χ3v) is 5.79. The number of benzene rings is 2. The van der Waals surface area contributed by atoms with E-state index in [0.717, 1.165) is 26.2 Å². The number of fused-ring (bicyclic) bond motifs is 1. The molecule has 142 valence electrons. The van der Waals surface area contributed by atoms with Crippen LogP contribution in [-0.4, -0.2) is 42.7 Å². The number of anilines is 1. The minimum absolute atomic E-state index is 0.122. The van der Waals surface area contributed by atoms with E-state index in [1.165, 1.54) is 22.2 Å². The number of nitrogens with zero attached hydrogens (tertiary/aromatic N) is 3. The molecule has 2 heterocycles. The van der Waals surface area contributed by atoms with E-state index in [1.807, 2.05) is 0 Å². The monoisotopic (exact) mass is 361 g/mol. The lowest BCUT2D eigenvalue weighted by molar-refractivity contribution is 0.289. The first kappa shape index (κ1) is 18.1. The first-order chi connectivity index (χ1) is 12.9. The lowest BCUT2D eigenvalue weighted by atomic mass is 9.82. The highest BCUT2D eigenvalue weighted by Crippen LogP contribution is 2.39. The van der Waals surface area contributed by atoms with Gasteiger partial charge in [-0.2, -0.15) is 0 Å². The Balaban J connectivity index is 1.77. The van der Waals surface area contributed by atoms with Crippen molar-refractivity contribution in [1.82, 2.24) is 9.47 Å². The number of likely N-dealkylation sites (N-methyl/N-ethyl adjacent to an activating group) is 1. The predicted octanol–water partition coefficient (Wildman–Crippen LogP) is 5.03. The molecule has 3 aromatic rings. The van der Waals surface area contributed by atoms with E-state index in [9.17, 15) is 0 Å². The molecule has 27 heavy (non-hydrogen) atoms. The fourth-order valence-corrected chi connectivity index (χ4v) is 4.34. The number of hydrogen-bond acceptors (Lipinski definition) is 2. The van der Waals surface area contributed by atoms with Crippen molar-refractivity contribution in [2.75, 3.05) is 38.1 Å². The van der Waals surface area contributed by atoms with Gasteiger partial charge in [0.25, 0.3) is 0 Å². The average molecular weight is 362 g/mol. The zero-order chi connectivity index (χ0) is 19.0. The van der Waals surface area contributed by atoms with Gasteiger partial charge in [0.2, 0.25) is 0 Å². The normalized spacial score (nSPS) is 17.4. The van der Waals surface area contributed by atoms with Crippen LogP contribution < -0.4 is 4.90 Å². The molecule has 1 atom stereocenters. The van der Waals surface area contributed by atoms with Gasteiger partial charge in [-0.1, -0.05) is 57.2 Å². The van der Waals surface area contributed by atoms with Crippen molar-refractivity contribution in [3.8, 4) is 0 Å². The van der Waals surface area contributed by atoms with Gasteiger partial charge < -0.3 is 14.4 Å². The average Bonchev–Trinajstić information content (AvgIpc) is 3.05. The largest absolute Gasteiger partial charge is 0.369 e. The standard InChI is InChI=1S/C24H31N3/c1-24(2,3)23(20-8-6-5-7-9-20)27-13-12-19-10-11-21(18-22(19)27)26-16-14-25(4)15-17-26/h5-13,18,23H,14-17H2,1-4H3. The van der Waals surface area contributed by atoms with Gasteiger partial charge in [0.15, 0.2) is 0 Å². The molecule has 0 N–H and O–H groups in total. The van der Waals surface area contributed by atoms with Crippen LogP contribution in [0.4, 0.5) is 5.69 Å². The van der Waals surface area contributed by atoms with Crippen LogP contribution in [0.5, 0.6) is 0 Å². The first-order valence-corrected chi connectivity index (χ1v) is 10.0. The van der Waals surface area contributed by atoms with Crippen LogP contribution in [0.2, 0.25) is 0 Å². The third-order valence-electron chi connectivity index (χ3n) is 5.79. The predicted molar refractivity (Wildman–Crippen MR) is 116 cm³/mol. The van der Waals surface area contributed by atoms with Gasteiger partial charge in [-0.05, 0) is 41.6 Å². The second-order valence-electron chi connectivity index (χ2n) is 8.94. The molecule has 1 aromatic heterocycles. The van der Waals surface area contributed by atoms with Gasteiger partial charge in [-0.25, -0.2) is 0 Å². The quantitative estimate of drug-likeness (QED) is 0.648. The Bertz CT molecular complexity index is 896. The van der Waals surface area contributed by atoms with Gasteiger partial charge in [0.1, 0.15) is 0 Å². The van der Waals surface area contributed by atoms with Crippen LogP contribution in [0.1, 0.15) is 32.4 Å². The first-order valence-electron chi connectivity index (χ1n) is 10.0. The molecule has 3 nitrogen and oxygen atoms in total. The molecule has 1 aliphatic heterocycles. The van der Waals surface area contributed by atoms with E-state index < -0.39 is 0 Å². The Morgan fingerprint density at radius 2 is 1.56 bits per heavy atom. The molecule has 4 rings (SSSR count). The molecule has 1 unspecified atom stereocenters. The van der Waals surface area contributed by atoms with Crippen LogP contribution in [0.25, 0.3) is 10.9 Å². The molecule has 0 saturated carbocycles. The van der Waals surface area contributed by atoms with Crippen molar-refractivity contribution >= 4 is 16.6 Å². The molecule has 0 amide bonds. The van der Waals surface area contributed by atoms with Crippen LogP contribution in [0, 0.1) is 5.41 Å². The molecule has 0 radical (unpaired) electrons. The summed E-state index contributed by atoms with van der Waals surface area (Å²) in [6.07, 6.45) is 2.27. The highest BCUT2D eigenvalue weighted by Gasteiger charge is 2.28. The van der Waals surface area contributed by atoms with Crippen molar-refractivity contribution in [2.45, 2.75) is 26.8 Å². The fourth-order valence-electron chi connectivity index (χ4n) is 4.34. The van der Waals surface area contributed by atoms with Crippen LogP contribution in [-0.2, 0) is 0 Å². The molecule has 1 fully saturated rings. The van der Waals surface area contributed by atoms with Crippen LogP contribution in [0.3, 0.4) is 0 Å². The van der Waals surface area contributed by atoms with Gasteiger partial charge >= 0.3 is 0 Å². The topological polar surface area (TPSA) is 11.4 Å². The van der Waals surface area contributed by atoms with E-state index in [-0.39, 0.29) is 5.41 Å². The highest BCUT2D eigenvalue weighted by molar-refractivity contribution is 5.84. The molecule has 0 bridgehead atoms. The number of piperazine rings is 1. The lowest BCUT2D eigenvalue weighted by Crippen LogP contribution is -2.44. The van der Waals surface area contributed by atoms with E-state index in [4.69, 9.17) is 0 Å². The highest BCUT2D eigenvalue weighted by atomic mass is 15.2. The van der Waals surface area contributed by atoms with Crippen molar-refractivity contribution in [3.63, 3.8) is 0 Å². The summed E-state index contributed by atoms with van der Waals surface area (Å²) in [7, 11) is 2.21. The minimum Gasteiger partial charge on any atom is -0.369 e. The molecule has 2 aromatic carbocycles. The Labute approximate surface area is 163 Å².